The molecule has 8 heteroatoms. The van der Waals surface area contributed by atoms with Gasteiger partial charge in [-0.25, -0.2) is 4.57 Å². The highest BCUT2D eigenvalue weighted by atomic mass is 31.2. The number of hydrogen-bond acceptors (Lipinski definition) is 4. The summed E-state index contributed by atoms with van der Waals surface area (Å²) in [5.41, 5.74) is 0. The summed E-state index contributed by atoms with van der Waals surface area (Å²) in [6, 6.07) is 0. The van der Waals surface area contributed by atoms with Crippen LogP contribution in [0.2, 0.25) is 0 Å². The Balaban J connectivity index is 3.34. The molecule has 172 valence electrons. The van der Waals surface area contributed by atoms with Gasteiger partial charge in [0.25, 0.3) is 0 Å². The Morgan fingerprint density at radius 3 is 2.00 bits per heavy atom. The summed E-state index contributed by atoms with van der Waals surface area (Å²) in [7, 11) is -4.59. The molecule has 1 amide bonds. The van der Waals surface area contributed by atoms with E-state index < -0.39 is 20.5 Å². The maximum Gasteiger partial charge on any atom is 0.469 e. The summed E-state index contributed by atoms with van der Waals surface area (Å²) < 4.78 is 14.7. The van der Waals surface area contributed by atoms with Crippen LogP contribution in [0, 0.1) is 0 Å². The summed E-state index contributed by atoms with van der Waals surface area (Å²) in [5, 5.41) is 12.0. The Bertz CT molecular complexity index is 466. The summed E-state index contributed by atoms with van der Waals surface area (Å²) in [6.07, 6.45) is 19.5. The second-order valence-corrected chi connectivity index (χ2v) is 8.82. The quantitative estimate of drug-likeness (QED) is 0.126. The lowest BCUT2D eigenvalue weighted by Crippen LogP contribution is -2.34. The number of rotatable bonds is 20. The number of nitrogens with one attached hydrogen (secondary N) is 1. The Morgan fingerprint density at radius 2 is 1.45 bits per heavy atom. The van der Waals surface area contributed by atoms with Crippen molar-refractivity contribution < 1.29 is 28.8 Å². The van der Waals surface area contributed by atoms with Gasteiger partial charge in [0.05, 0.1) is 12.7 Å². The number of carbonyl (C=O) groups is 1. The Morgan fingerprint density at radius 1 is 0.931 bits per heavy atom. The van der Waals surface area contributed by atoms with Crippen molar-refractivity contribution in [2.45, 2.75) is 103 Å². The average Bonchev–Trinajstić information content (AvgIpc) is 2.67. The van der Waals surface area contributed by atoms with E-state index in [1.54, 1.807) is 0 Å². The number of carbonyl (C=O) groups excluding carboxylic acids is 1. The molecule has 0 saturated heterocycles. The van der Waals surface area contributed by atoms with Crippen LogP contribution in [0.3, 0.4) is 0 Å². The van der Waals surface area contributed by atoms with Crippen molar-refractivity contribution in [3.8, 4) is 0 Å². The molecule has 0 radical (unpaired) electrons. The first kappa shape index (κ1) is 28.3. The minimum absolute atomic E-state index is 0.0760. The molecule has 1 atom stereocenters. The molecular weight excluding hydrogens is 393 g/mol. The smallest absolute Gasteiger partial charge is 0.389 e. The number of allylic oxidation sites excluding steroid dienone is 2. The molecule has 0 aliphatic heterocycles. The standard InChI is InChI=1S/C21H42NO6P/c1-2-3-4-5-6-7-8-9-10-11-12-13-14-15-16-17-21(24)22-18-20(23)19-28-29(25,26)27/h5-6,20,23H,2-4,7-19H2,1H3,(H,22,24)(H2,25,26,27)/t20-/m0/s1. The fourth-order valence-electron chi connectivity index (χ4n) is 2.90. The minimum Gasteiger partial charge on any atom is -0.389 e. The number of aliphatic hydroxyl groups is 1. The molecule has 0 aliphatic rings. The Kier molecular flexibility index (Phi) is 18.8. The zero-order chi connectivity index (χ0) is 21.8. The Labute approximate surface area is 176 Å². The van der Waals surface area contributed by atoms with E-state index in [0.717, 1.165) is 19.3 Å². The van der Waals surface area contributed by atoms with Crippen LogP contribution in [0.15, 0.2) is 12.2 Å². The average molecular weight is 436 g/mol. The Hall–Kier alpha value is -0.720. The number of hydrogen-bond donors (Lipinski definition) is 4. The lowest BCUT2D eigenvalue weighted by atomic mass is 10.1. The lowest BCUT2D eigenvalue weighted by molar-refractivity contribution is -0.121. The second kappa shape index (κ2) is 19.3. The van der Waals surface area contributed by atoms with Crippen LogP contribution in [0.1, 0.15) is 96.8 Å². The van der Waals surface area contributed by atoms with Crippen molar-refractivity contribution in [3.05, 3.63) is 12.2 Å². The summed E-state index contributed by atoms with van der Waals surface area (Å²) in [4.78, 5) is 28.7. The highest BCUT2D eigenvalue weighted by Gasteiger charge is 2.17. The van der Waals surface area contributed by atoms with Gasteiger partial charge >= 0.3 is 7.82 Å². The fraction of sp³-hybridized carbons (Fsp3) is 0.857. The third-order valence-electron chi connectivity index (χ3n) is 4.64. The lowest BCUT2D eigenvalue weighted by Gasteiger charge is -2.12. The molecule has 0 aromatic rings. The van der Waals surface area contributed by atoms with E-state index in [4.69, 9.17) is 9.79 Å². The van der Waals surface area contributed by atoms with Crippen LogP contribution in [0.5, 0.6) is 0 Å². The zero-order valence-corrected chi connectivity index (χ0v) is 19.0. The van der Waals surface area contributed by atoms with Gasteiger partial charge in [-0.1, -0.05) is 76.9 Å². The van der Waals surface area contributed by atoms with Gasteiger partial charge in [-0.3, -0.25) is 9.32 Å². The maximum absolute atomic E-state index is 11.7. The highest BCUT2D eigenvalue weighted by Crippen LogP contribution is 2.35. The molecule has 0 saturated carbocycles. The molecule has 0 aliphatic carbocycles. The number of aliphatic hydroxyl groups excluding tert-OH is 1. The summed E-state index contributed by atoms with van der Waals surface area (Å²) >= 11 is 0. The second-order valence-electron chi connectivity index (χ2n) is 7.58. The molecule has 0 rings (SSSR count). The molecule has 0 aromatic carbocycles. The van der Waals surface area contributed by atoms with Crippen LogP contribution in [-0.2, 0) is 13.9 Å². The number of phosphoric ester groups is 1. The maximum atomic E-state index is 11.7. The van der Waals surface area contributed by atoms with Crippen LogP contribution in [-0.4, -0.2) is 40.1 Å². The van der Waals surface area contributed by atoms with Crippen LogP contribution in [0.4, 0.5) is 0 Å². The van der Waals surface area contributed by atoms with Crippen molar-refractivity contribution in [1.29, 1.82) is 0 Å². The fourth-order valence-corrected chi connectivity index (χ4v) is 3.27. The molecular formula is C21H42NO6P. The van der Waals surface area contributed by atoms with Crippen molar-refractivity contribution in [2.24, 2.45) is 0 Å². The van der Waals surface area contributed by atoms with E-state index in [0.29, 0.717) is 6.42 Å². The van der Waals surface area contributed by atoms with Gasteiger partial charge in [-0.05, 0) is 25.7 Å². The molecule has 0 bridgehead atoms. The van der Waals surface area contributed by atoms with E-state index >= 15 is 0 Å². The number of amides is 1. The normalized spacial score (nSPS) is 13.1. The summed E-state index contributed by atoms with van der Waals surface area (Å²) in [6.45, 7) is 1.63. The third-order valence-corrected chi connectivity index (χ3v) is 5.12. The first-order chi connectivity index (χ1) is 13.8. The minimum atomic E-state index is -4.59. The molecule has 0 unspecified atom stereocenters. The van der Waals surface area contributed by atoms with Crippen molar-refractivity contribution in [2.75, 3.05) is 13.2 Å². The molecule has 4 N–H and O–H groups in total. The largest absolute Gasteiger partial charge is 0.469 e. The monoisotopic (exact) mass is 435 g/mol. The van der Waals surface area contributed by atoms with Gasteiger partial charge in [-0.2, -0.15) is 0 Å². The molecule has 0 aromatic heterocycles. The van der Waals surface area contributed by atoms with E-state index in [9.17, 15) is 14.5 Å². The third kappa shape index (κ3) is 23.4. The topological polar surface area (TPSA) is 116 Å². The van der Waals surface area contributed by atoms with Gasteiger partial charge in [-0.15, -0.1) is 0 Å². The summed E-state index contributed by atoms with van der Waals surface area (Å²) in [5.74, 6) is -0.163. The SMILES string of the molecule is CCCCC=CCCCCCCCCCCCC(=O)NC[C@H](O)COP(=O)(O)O. The van der Waals surface area contributed by atoms with Gasteiger partial charge < -0.3 is 20.2 Å². The van der Waals surface area contributed by atoms with Gasteiger partial charge in [0.15, 0.2) is 0 Å². The van der Waals surface area contributed by atoms with Gasteiger partial charge in [0, 0.05) is 13.0 Å². The highest BCUT2D eigenvalue weighted by molar-refractivity contribution is 7.46. The van der Waals surface area contributed by atoms with Crippen LogP contribution in [0.25, 0.3) is 0 Å². The van der Waals surface area contributed by atoms with E-state index in [1.807, 2.05) is 0 Å². The van der Waals surface area contributed by atoms with Crippen LogP contribution < -0.4 is 5.32 Å². The first-order valence-corrected chi connectivity index (χ1v) is 12.7. The molecule has 0 spiro atoms. The zero-order valence-electron chi connectivity index (χ0n) is 18.1. The molecule has 0 heterocycles. The van der Waals surface area contributed by atoms with E-state index in [2.05, 4.69) is 28.9 Å². The van der Waals surface area contributed by atoms with Crippen molar-refractivity contribution >= 4 is 13.7 Å². The van der Waals surface area contributed by atoms with E-state index in [-0.39, 0.29) is 12.5 Å². The first-order valence-electron chi connectivity index (χ1n) is 11.1. The van der Waals surface area contributed by atoms with Gasteiger partial charge in [0.1, 0.15) is 0 Å². The predicted octanol–water partition coefficient (Wildman–Crippen LogP) is 4.61. The van der Waals surface area contributed by atoms with Crippen LogP contribution >= 0.6 is 7.82 Å². The molecule has 7 nitrogen and oxygen atoms in total. The number of phosphoric acid groups is 1. The van der Waals surface area contributed by atoms with Crippen molar-refractivity contribution in [1.82, 2.24) is 5.32 Å². The molecule has 29 heavy (non-hydrogen) atoms. The molecule has 0 fully saturated rings. The number of unbranched alkanes of at least 4 members (excludes halogenated alkanes) is 11. The van der Waals surface area contributed by atoms with Gasteiger partial charge in [0.2, 0.25) is 5.91 Å². The predicted molar refractivity (Wildman–Crippen MR) is 116 cm³/mol. The van der Waals surface area contributed by atoms with Crippen molar-refractivity contribution in [3.63, 3.8) is 0 Å². The van der Waals surface area contributed by atoms with E-state index in [1.165, 1.54) is 64.2 Å².